The summed E-state index contributed by atoms with van der Waals surface area (Å²) in [5, 5.41) is 7.71. The average Bonchev–Trinajstić information content (AvgIpc) is 3.18. The third-order valence-corrected chi connectivity index (χ3v) is 4.58. The highest BCUT2D eigenvalue weighted by Crippen LogP contribution is 2.21. The summed E-state index contributed by atoms with van der Waals surface area (Å²) in [5.41, 5.74) is 0.466. The van der Waals surface area contributed by atoms with E-state index in [9.17, 15) is 9.59 Å². The van der Waals surface area contributed by atoms with Crippen LogP contribution < -0.4 is 5.32 Å². The maximum atomic E-state index is 11.9. The molecule has 1 unspecified atom stereocenters. The van der Waals surface area contributed by atoms with Crippen LogP contribution in [0.1, 0.15) is 49.5 Å². The normalized spacial score (nSPS) is 16.8. The molecule has 1 aliphatic heterocycles. The van der Waals surface area contributed by atoms with Crippen molar-refractivity contribution >= 4 is 41.8 Å². The minimum atomic E-state index is -0.351. The summed E-state index contributed by atoms with van der Waals surface area (Å²) < 4.78 is 6.87. The maximum absolute atomic E-state index is 11.9. The fraction of sp³-hybridized carbons (Fsp3) is 0.684. The number of aromatic nitrogens is 2. The van der Waals surface area contributed by atoms with Gasteiger partial charge in [0.15, 0.2) is 5.96 Å². The van der Waals surface area contributed by atoms with E-state index in [4.69, 9.17) is 4.74 Å². The molecule has 1 amide bonds. The highest BCUT2D eigenvalue weighted by atomic mass is 127. The molecule has 9 nitrogen and oxygen atoms in total. The van der Waals surface area contributed by atoms with Gasteiger partial charge in [0.2, 0.25) is 5.91 Å². The van der Waals surface area contributed by atoms with Gasteiger partial charge in [-0.2, -0.15) is 5.10 Å². The van der Waals surface area contributed by atoms with Gasteiger partial charge in [-0.25, -0.2) is 9.79 Å². The van der Waals surface area contributed by atoms with Gasteiger partial charge in [-0.1, -0.05) is 6.92 Å². The number of nitrogens with one attached hydrogen (secondary N) is 1. The van der Waals surface area contributed by atoms with E-state index in [1.165, 1.54) is 0 Å². The Kier molecular flexibility index (Phi) is 11.0. The molecule has 1 saturated heterocycles. The third kappa shape index (κ3) is 7.48. The van der Waals surface area contributed by atoms with E-state index in [2.05, 4.69) is 27.2 Å². The molecular formula is C19H33IN6O3. The minimum Gasteiger partial charge on any atom is -0.462 e. The van der Waals surface area contributed by atoms with Gasteiger partial charge in [0.05, 0.1) is 24.4 Å². The molecule has 2 heterocycles. The molecule has 1 fully saturated rings. The third-order valence-electron chi connectivity index (χ3n) is 4.58. The summed E-state index contributed by atoms with van der Waals surface area (Å²) in [5.74, 6) is 0.366. The molecule has 0 aromatic carbocycles. The number of halogens is 1. The molecule has 0 radical (unpaired) electrons. The van der Waals surface area contributed by atoms with Crippen molar-refractivity contribution in [3.63, 3.8) is 0 Å². The van der Waals surface area contributed by atoms with Crippen molar-refractivity contribution in [1.82, 2.24) is 24.9 Å². The smallest absolute Gasteiger partial charge is 0.341 e. The fourth-order valence-corrected chi connectivity index (χ4v) is 3.01. The summed E-state index contributed by atoms with van der Waals surface area (Å²) in [4.78, 5) is 32.0. The van der Waals surface area contributed by atoms with Gasteiger partial charge in [-0.3, -0.25) is 9.48 Å². The van der Waals surface area contributed by atoms with Crippen molar-refractivity contribution in [1.29, 1.82) is 0 Å². The number of ether oxygens (including phenoxy) is 1. The number of aliphatic imine (C=N–C) groups is 1. The quantitative estimate of drug-likeness (QED) is 0.255. The van der Waals surface area contributed by atoms with Crippen LogP contribution in [-0.4, -0.2) is 84.3 Å². The zero-order valence-electron chi connectivity index (χ0n) is 17.8. The zero-order chi connectivity index (χ0) is 20.5. The first kappa shape index (κ1) is 25.2. The second-order valence-corrected chi connectivity index (χ2v) is 7.03. The summed E-state index contributed by atoms with van der Waals surface area (Å²) in [6.45, 7) is 6.72. The number of hydrogen-bond acceptors (Lipinski definition) is 5. The lowest BCUT2D eigenvalue weighted by Crippen LogP contribution is -2.47. The van der Waals surface area contributed by atoms with E-state index in [0.29, 0.717) is 12.2 Å². The summed E-state index contributed by atoms with van der Waals surface area (Å²) >= 11 is 0. The van der Waals surface area contributed by atoms with Gasteiger partial charge in [0.25, 0.3) is 0 Å². The molecule has 1 aromatic heterocycles. The molecule has 164 valence electrons. The van der Waals surface area contributed by atoms with Crippen molar-refractivity contribution in [3.8, 4) is 0 Å². The van der Waals surface area contributed by atoms with Crippen LogP contribution in [0.15, 0.2) is 17.4 Å². The number of likely N-dealkylation sites (tertiary alicyclic amines) is 1. The van der Waals surface area contributed by atoms with Gasteiger partial charge in [-0.15, -0.1) is 24.0 Å². The molecule has 0 saturated carbocycles. The number of nitrogens with zero attached hydrogens (tertiary/aromatic N) is 5. The molecular weight excluding hydrogens is 487 g/mol. The molecule has 1 aliphatic rings. The van der Waals surface area contributed by atoms with E-state index in [1.54, 1.807) is 38.3 Å². The Hall–Kier alpha value is -1.85. The molecule has 0 aliphatic carbocycles. The number of hydrogen-bond donors (Lipinski definition) is 1. The Morgan fingerprint density at radius 3 is 2.79 bits per heavy atom. The van der Waals surface area contributed by atoms with E-state index in [0.717, 1.165) is 44.9 Å². The first-order valence-electron chi connectivity index (χ1n) is 9.90. The van der Waals surface area contributed by atoms with Gasteiger partial charge in [-0.05, 0) is 26.2 Å². The highest BCUT2D eigenvalue weighted by Gasteiger charge is 2.25. The van der Waals surface area contributed by atoms with Gasteiger partial charge in [0.1, 0.15) is 6.54 Å². The number of carbonyl (C=O) groups excluding carboxylic acids is 2. The second-order valence-electron chi connectivity index (χ2n) is 7.03. The van der Waals surface area contributed by atoms with Gasteiger partial charge >= 0.3 is 5.97 Å². The van der Waals surface area contributed by atoms with Crippen LogP contribution in [0.4, 0.5) is 0 Å². The first-order chi connectivity index (χ1) is 13.5. The predicted molar refractivity (Wildman–Crippen MR) is 123 cm³/mol. The Labute approximate surface area is 189 Å². The van der Waals surface area contributed by atoms with Gasteiger partial charge in [0, 0.05) is 39.9 Å². The highest BCUT2D eigenvalue weighted by molar-refractivity contribution is 14.0. The minimum absolute atomic E-state index is 0. The summed E-state index contributed by atoms with van der Waals surface area (Å²) in [6, 6.07) is 0.134. The Morgan fingerprint density at radius 2 is 2.14 bits per heavy atom. The topological polar surface area (TPSA) is 92.1 Å². The van der Waals surface area contributed by atoms with Crippen molar-refractivity contribution in [2.75, 3.05) is 46.9 Å². The number of rotatable bonds is 7. The SMILES string of the molecule is CCCNC(=NCC(=O)N(C)C)N1CCCC(n2cc(C(=O)OCC)cn2)C1.I. The standard InChI is InChI=1S/C19H32N6O3.HI/c1-5-9-20-19(21-12-17(26)23(3)4)24-10-7-8-16(14-24)25-13-15(11-22-25)18(27)28-6-2;/h11,13,16H,5-10,12,14H2,1-4H3,(H,20,21);1H. The average molecular weight is 520 g/mol. The van der Waals surface area contributed by atoms with Crippen LogP contribution in [-0.2, 0) is 9.53 Å². The number of likely N-dealkylation sites (N-methyl/N-ethyl adjacent to an activating group) is 1. The van der Waals surface area contributed by atoms with E-state index < -0.39 is 0 Å². The van der Waals surface area contributed by atoms with E-state index in [-0.39, 0.29) is 48.4 Å². The Balaban J connectivity index is 0.00000420. The molecule has 0 spiro atoms. The molecule has 29 heavy (non-hydrogen) atoms. The molecule has 1 atom stereocenters. The molecule has 1 N–H and O–H groups in total. The van der Waals surface area contributed by atoms with Crippen molar-refractivity contribution in [2.24, 2.45) is 4.99 Å². The van der Waals surface area contributed by atoms with Crippen molar-refractivity contribution in [3.05, 3.63) is 18.0 Å². The number of carbonyl (C=O) groups is 2. The van der Waals surface area contributed by atoms with Crippen molar-refractivity contribution in [2.45, 2.75) is 39.2 Å². The lowest BCUT2D eigenvalue weighted by Gasteiger charge is -2.35. The van der Waals surface area contributed by atoms with Gasteiger partial charge < -0.3 is 19.9 Å². The van der Waals surface area contributed by atoms with E-state index >= 15 is 0 Å². The molecule has 10 heteroatoms. The van der Waals surface area contributed by atoms with Crippen LogP contribution in [0.3, 0.4) is 0 Å². The second kappa shape index (κ2) is 12.7. The molecule has 0 bridgehead atoms. The van der Waals surface area contributed by atoms with Crippen LogP contribution in [0.25, 0.3) is 0 Å². The zero-order valence-corrected chi connectivity index (χ0v) is 20.1. The number of esters is 1. The Morgan fingerprint density at radius 1 is 1.38 bits per heavy atom. The predicted octanol–water partition coefficient (Wildman–Crippen LogP) is 1.76. The fourth-order valence-electron chi connectivity index (χ4n) is 3.01. The largest absolute Gasteiger partial charge is 0.462 e. The first-order valence-corrected chi connectivity index (χ1v) is 9.90. The molecule has 1 aromatic rings. The molecule has 2 rings (SSSR count). The van der Waals surface area contributed by atoms with Crippen LogP contribution in [0.2, 0.25) is 0 Å². The summed E-state index contributed by atoms with van der Waals surface area (Å²) in [6.07, 6.45) is 6.22. The van der Waals surface area contributed by atoms with Crippen molar-refractivity contribution < 1.29 is 14.3 Å². The monoisotopic (exact) mass is 520 g/mol. The van der Waals surface area contributed by atoms with Crippen LogP contribution in [0, 0.1) is 0 Å². The Bertz CT molecular complexity index is 691. The summed E-state index contributed by atoms with van der Waals surface area (Å²) in [7, 11) is 3.46. The lowest BCUT2D eigenvalue weighted by atomic mass is 10.1. The number of guanidine groups is 1. The number of amides is 1. The van der Waals surface area contributed by atoms with E-state index in [1.807, 2.05) is 4.68 Å². The lowest BCUT2D eigenvalue weighted by molar-refractivity contribution is -0.127. The van der Waals surface area contributed by atoms with Crippen LogP contribution >= 0.6 is 24.0 Å². The number of piperidine rings is 1. The maximum Gasteiger partial charge on any atom is 0.341 e. The van der Waals surface area contributed by atoms with Crippen LogP contribution in [0.5, 0.6) is 0 Å².